The SMILES string of the molecule is CC1CN(C(=O)c2ccns2)C(C)CN1C(=O)CNc1ccncc1. The van der Waals surface area contributed by atoms with E-state index in [1.807, 2.05) is 35.8 Å². The molecule has 1 N–H and O–H groups in total. The van der Waals surface area contributed by atoms with Crippen LogP contribution in [0.15, 0.2) is 36.8 Å². The van der Waals surface area contributed by atoms with Crippen molar-refractivity contribution >= 4 is 29.0 Å². The van der Waals surface area contributed by atoms with Crippen molar-refractivity contribution in [3.63, 3.8) is 0 Å². The van der Waals surface area contributed by atoms with Gasteiger partial charge >= 0.3 is 0 Å². The number of nitrogens with one attached hydrogen (secondary N) is 1. The van der Waals surface area contributed by atoms with Gasteiger partial charge in [0.2, 0.25) is 5.91 Å². The highest BCUT2D eigenvalue weighted by molar-refractivity contribution is 7.08. The van der Waals surface area contributed by atoms with Crippen molar-refractivity contribution in [3.05, 3.63) is 41.7 Å². The molecule has 0 bridgehead atoms. The van der Waals surface area contributed by atoms with E-state index in [1.54, 1.807) is 24.7 Å². The van der Waals surface area contributed by atoms with E-state index >= 15 is 0 Å². The molecule has 8 heteroatoms. The maximum atomic E-state index is 12.6. The van der Waals surface area contributed by atoms with Crippen molar-refractivity contribution in [2.45, 2.75) is 25.9 Å². The van der Waals surface area contributed by atoms with Crippen LogP contribution in [-0.4, -0.2) is 62.7 Å². The van der Waals surface area contributed by atoms with Crippen LogP contribution in [-0.2, 0) is 4.79 Å². The van der Waals surface area contributed by atoms with E-state index in [4.69, 9.17) is 0 Å². The van der Waals surface area contributed by atoms with Crippen LogP contribution in [0.3, 0.4) is 0 Å². The summed E-state index contributed by atoms with van der Waals surface area (Å²) in [4.78, 5) is 33.4. The van der Waals surface area contributed by atoms with Crippen LogP contribution in [0, 0.1) is 0 Å². The number of amides is 2. The Hall–Kier alpha value is -2.48. The van der Waals surface area contributed by atoms with Crippen LogP contribution >= 0.6 is 11.5 Å². The third-order valence-electron chi connectivity index (χ3n) is 4.34. The van der Waals surface area contributed by atoms with Crippen molar-refractivity contribution in [2.75, 3.05) is 25.0 Å². The Kier molecular flexibility index (Phi) is 5.28. The minimum atomic E-state index is -0.0318. The molecule has 2 aromatic rings. The van der Waals surface area contributed by atoms with Crippen molar-refractivity contribution < 1.29 is 9.59 Å². The van der Waals surface area contributed by atoms with Gasteiger partial charge in [-0.3, -0.25) is 14.6 Å². The maximum Gasteiger partial charge on any atom is 0.265 e. The van der Waals surface area contributed by atoms with Crippen molar-refractivity contribution in [1.82, 2.24) is 19.2 Å². The lowest BCUT2D eigenvalue weighted by molar-refractivity contribution is -0.134. The molecule has 2 unspecified atom stereocenters. The zero-order chi connectivity index (χ0) is 17.8. The second-order valence-corrected chi connectivity index (χ2v) is 7.00. The molecule has 1 aliphatic heterocycles. The Bertz CT molecular complexity index is 722. The second-order valence-electron chi connectivity index (χ2n) is 6.17. The fourth-order valence-electron chi connectivity index (χ4n) is 2.97. The summed E-state index contributed by atoms with van der Waals surface area (Å²) in [6, 6.07) is 5.33. The highest BCUT2D eigenvalue weighted by atomic mass is 32.1. The number of nitrogens with zero attached hydrogens (tertiary/aromatic N) is 4. The molecule has 0 aliphatic carbocycles. The molecule has 0 radical (unpaired) electrons. The van der Waals surface area contributed by atoms with Gasteiger partial charge in [-0.15, -0.1) is 0 Å². The van der Waals surface area contributed by atoms with Crippen molar-refractivity contribution in [1.29, 1.82) is 0 Å². The average molecular weight is 359 g/mol. The second kappa shape index (κ2) is 7.60. The number of pyridine rings is 1. The molecule has 2 atom stereocenters. The van der Waals surface area contributed by atoms with Crippen LogP contribution in [0.2, 0.25) is 0 Å². The topological polar surface area (TPSA) is 78.4 Å². The monoisotopic (exact) mass is 359 g/mol. The van der Waals surface area contributed by atoms with E-state index in [-0.39, 0.29) is 30.4 Å². The Morgan fingerprint density at radius 3 is 2.48 bits per heavy atom. The van der Waals surface area contributed by atoms with Gasteiger partial charge < -0.3 is 15.1 Å². The van der Waals surface area contributed by atoms with Gasteiger partial charge in [-0.25, -0.2) is 4.37 Å². The van der Waals surface area contributed by atoms with E-state index < -0.39 is 0 Å². The van der Waals surface area contributed by atoms with E-state index in [2.05, 4.69) is 14.7 Å². The quantitative estimate of drug-likeness (QED) is 0.899. The fourth-order valence-corrected chi connectivity index (χ4v) is 3.53. The number of carbonyl (C=O) groups is 2. The summed E-state index contributed by atoms with van der Waals surface area (Å²) >= 11 is 1.20. The fraction of sp³-hybridized carbons (Fsp3) is 0.412. The summed E-state index contributed by atoms with van der Waals surface area (Å²) in [5, 5.41) is 3.12. The molecule has 132 valence electrons. The summed E-state index contributed by atoms with van der Waals surface area (Å²) in [5.41, 5.74) is 0.864. The van der Waals surface area contributed by atoms with Crippen molar-refractivity contribution in [2.24, 2.45) is 0 Å². The van der Waals surface area contributed by atoms with Gasteiger partial charge in [0, 0.05) is 49.5 Å². The Balaban J connectivity index is 1.59. The smallest absolute Gasteiger partial charge is 0.265 e. The molecule has 3 heterocycles. The molecular formula is C17H21N5O2S. The third kappa shape index (κ3) is 3.96. The van der Waals surface area contributed by atoms with E-state index in [9.17, 15) is 9.59 Å². The van der Waals surface area contributed by atoms with E-state index in [0.29, 0.717) is 18.0 Å². The zero-order valence-electron chi connectivity index (χ0n) is 14.3. The molecule has 1 aliphatic rings. The van der Waals surface area contributed by atoms with Crippen LogP contribution in [0.25, 0.3) is 0 Å². The van der Waals surface area contributed by atoms with Crippen molar-refractivity contribution in [3.8, 4) is 0 Å². The molecule has 7 nitrogen and oxygen atoms in total. The molecular weight excluding hydrogens is 338 g/mol. The third-order valence-corrected chi connectivity index (χ3v) is 5.07. The lowest BCUT2D eigenvalue weighted by atomic mass is 10.1. The normalized spacial score (nSPS) is 20.4. The lowest BCUT2D eigenvalue weighted by Crippen LogP contribution is -2.60. The van der Waals surface area contributed by atoms with Crippen LogP contribution in [0.4, 0.5) is 5.69 Å². The summed E-state index contributed by atoms with van der Waals surface area (Å²) in [5.74, 6) is 0.0184. The van der Waals surface area contributed by atoms with Gasteiger partial charge in [-0.05, 0) is 43.6 Å². The van der Waals surface area contributed by atoms with Gasteiger partial charge in [-0.1, -0.05) is 0 Å². The average Bonchev–Trinajstić information content (AvgIpc) is 3.16. The minimum Gasteiger partial charge on any atom is -0.376 e. The van der Waals surface area contributed by atoms with Crippen LogP contribution in [0.5, 0.6) is 0 Å². The summed E-state index contributed by atoms with van der Waals surface area (Å²) in [6.07, 6.45) is 5.00. The minimum absolute atomic E-state index is 0.0103. The van der Waals surface area contributed by atoms with Crippen LogP contribution in [0.1, 0.15) is 23.5 Å². The number of carbonyl (C=O) groups excluding carboxylic acids is 2. The van der Waals surface area contributed by atoms with Gasteiger partial charge in [0.25, 0.3) is 5.91 Å². The molecule has 0 aromatic carbocycles. The molecule has 1 fully saturated rings. The number of aromatic nitrogens is 2. The summed E-state index contributed by atoms with van der Waals surface area (Å²) in [6.45, 7) is 5.23. The first kappa shape index (κ1) is 17.3. The Labute approximate surface area is 150 Å². The number of piperazine rings is 1. The van der Waals surface area contributed by atoms with E-state index in [1.165, 1.54) is 11.5 Å². The number of anilines is 1. The van der Waals surface area contributed by atoms with Gasteiger partial charge in [0.1, 0.15) is 4.88 Å². The van der Waals surface area contributed by atoms with Crippen LogP contribution < -0.4 is 5.32 Å². The number of hydrogen-bond donors (Lipinski definition) is 1. The highest BCUT2D eigenvalue weighted by Gasteiger charge is 2.34. The molecule has 2 amide bonds. The first-order chi connectivity index (χ1) is 12.1. The predicted octanol–water partition coefficient (Wildman–Crippen LogP) is 1.71. The van der Waals surface area contributed by atoms with Gasteiger partial charge in [-0.2, -0.15) is 0 Å². The first-order valence-electron chi connectivity index (χ1n) is 8.21. The molecule has 1 saturated heterocycles. The predicted molar refractivity (Wildman–Crippen MR) is 96.5 cm³/mol. The van der Waals surface area contributed by atoms with Gasteiger partial charge in [0.15, 0.2) is 0 Å². The Morgan fingerprint density at radius 2 is 1.80 bits per heavy atom. The molecule has 25 heavy (non-hydrogen) atoms. The summed E-state index contributed by atoms with van der Waals surface area (Å²) < 4.78 is 4.00. The molecule has 0 saturated carbocycles. The molecule has 3 rings (SSSR count). The lowest BCUT2D eigenvalue weighted by Gasteiger charge is -2.44. The van der Waals surface area contributed by atoms with E-state index in [0.717, 1.165) is 5.69 Å². The number of hydrogen-bond acceptors (Lipinski definition) is 6. The standard InChI is InChI=1S/C17H21N5O2S/c1-12-11-22(17(24)15-5-8-20-25-15)13(2)10-21(12)16(23)9-19-14-3-6-18-7-4-14/h3-8,12-13H,9-11H2,1-2H3,(H,18,19). The first-order valence-corrected chi connectivity index (χ1v) is 8.98. The Morgan fingerprint density at radius 1 is 1.12 bits per heavy atom. The number of rotatable bonds is 4. The molecule has 2 aromatic heterocycles. The molecule has 0 spiro atoms. The highest BCUT2D eigenvalue weighted by Crippen LogP contribution is 2.19. The largest absolute Gasteiger partial charge is 0.376 e. The maximum absolute atomic E-state index is 12.6. The van der Waals surface area contributed by atoms with Gasteiger partial charge in [0.05, 0.1) is 6.54 Å². The summed E-state index contributed by atoms with van der Waals surface area (Å²) in [7, 11) is 0. The zero-order valence-corrected chi connectivity index (χ0v) is 15.1.